The molecule has 2 aromatic carbocycles. The van der Waals surface area contributed by atoms with Crippen LogP contribution in [0, 0.1) is 6.92 Å². The van der Waals surface area contributed by atoms with Crippen molar-refractivity contribution in [3.05, 3.63) is 94.8 Å². The largest absolute Gasteiger partial charge is 0.488 e. The highest BCUT2D eigenvalue weighted by Gasteiger charge is 2.22. The number of nitrogens with zero attached hydrogens (tertiary/aromatic N) is 1. The first-order valence-corrected chi connectivity index (χ1v) is 10.8. The van der Waals surface area contributed by atoms with Crippen molar-refractivity contribution < 1.29 is 14.3 Å². The Morgan fingerprint density at radius 2 is 1.77 bits per heavy atom. The molecule has 0 radical (unpaired) electrons. The quantitative estimate of drug-likeness (QED) is 0.430. The lowest BCUT2D eigenvalue weighted by atomic mass is 9.97. The second-order valence-electron chi connectivity index (χ2n) is 7.71. The van der Waals surface area contributed by atoms with Crippen molar-refractivity contribution in [3.8, 4) is 5.75 Å². The minimum absolute atomic E-state index is 0.337. The number of benzene rings is 2. The summed E-state index contributed by atoms with van der Waals surface area (Å²) in [6.45, 7) is 4.76. The van der Waals surface area contributed by atoms with Crippen LogP contribution in [-0.4, -0.2) is 17.6 Å². The summed E-state index contributed by atoms with van der Waals surface area (Å²) in [6, 6.07) is 22.1. The van der Waals surface area contributed by atoms with E-state index in [1.54, 1.807) is 13.0 Å². The van der Waals surface area contributed by atoms with Gasteiger partial charge in [0.2, 0.25) is 0 Å². The van der Waals surface area contributed by atoms with Gasteiger partial charge in [0, 0.05) is 5.56 Å². The van der Waals surface area contributed by atoms with Gasteiger partial charge in [-0.25, -0.2) is 9.78 Å². The molecule has 0 amide bonds. The molecule has 1 heterocycles. The fourth-order valence-corrected chi connectivity index (χ4v) is 3.99. The lowest BCUT2D eigenvalue weighted by Gasteiger charge is -2.15. The molecule has 31 heavy (non-hydrogen) atoms. The summed E-state index contributed by atoms with van der Waals surface area (Å²) in [5.74, 6) is 0.498. The Hall–Kier alpha value is -3.40. The van der Waals surface area contributed by atoms with E-state index in [0.29, 0.717) is 18.9 Å². The maximum atomic E-state index is 12.2. The Labute approximate surface area is 183 Å². The Balaban J connectivity index is 1.69. The predicted octanol–water partition coefficient (Wildman–Crippen LogP) is 6.24. The highest BCUT2D eigenvalue weighted by Crippen LogP contribution is 2.42. The number of esters is 1. The zero-order valence-electron chi connectivity index (χ0n) is 18.1. The zero-order chi connectivity index (χ0) is 21.6. The molecule has 0 saturated carbocycles. The SMILES string of the molecule is CCOC(=O)c1cccc(C2=C(c3cc(C)ccc3OCc3ccccc3)CCC2)n1. The summed E-state index contributed by atoms with van der Waals surface area (Å²) in [4.78, 5) is 16.8. The first-order valence-electron chi connectivity index (χ1n) is 10.8. The molecule has 0 unspecified atom stereocenters. The summed E-state index contributed by atoms with van der Waals surface area (Å²) in [5.41, 5.74) is 7.07. The molecule has 1 aliphatic rings. The standard InChI is InChI=1S/C27H27NO3/c1-3-30-27(29)25-14-8-13-24(28-25)22-12-7-11-21(22)23-17-19(2)15-16-26(23)31-18-20-9-5-4-6-10-20/h4-6,8-10,13-17H,3,7,11-12,18H2,1-2H3. The molecule has 4 rings (SSSR count). The van der Waals surface area contributed by atoms with Gasteiger partial charge in [0.05, 0.1) is 12.3 Å². The summed E-state index contributed by atoms with van der Waals surface area (Å²) < 4.78 is 11.4. The van der Waals surface area contributed by atoms with E-state index in [2.05, 4.69) is 42.2 Å². The van der Waals surface area contributed by atoms with Crippen molar-refractivity contribution in [1.29, 1.82) is 0 Å². The average molecular weight is 414 g/mol. The van der Waals surface area contributed by atoms with Gasteiger partial charge in [-0.15, -0.1) is 0 Å². The van der Waals surface area contributed by atoms with Crippen molar-refractivity contribution in [3.63, 3.8) is 0 Å². The van der Waals surface area contributed by atoms with Crippen LogP contribution in [0.1, 0.15) is 59.1 Å². The second kappa shape index (κ2) is 9.61. The lowest BCUT2D eigenvalue weighted by molar-refractivity contribution is 0.0519. The Bertz CT molecular complexity index is 1100. The molecule has 4 nitrogen and oxygen atoms in total. The van der Waals surface area contributed by atoms with Gasteiger partial charge in [-0.2, -0.15) is 0 Å². The van der Waals surface area contributed by atoms with E-state index in [4.69, 9.17) is 9.47 Å². The zero-order valence-corrected chi connectivity index (χ0v) is 18.1. The van der Waals surface area contributed by atoms with Crippen LogP contribution in [0.4, 0.5) is 0 Å². The number of carbonyl (C=O) groups excluding carboxylic acids is 1. The number of hydrogen-bond acceptors (Lipinski definition) is 4. The molecule has 0 N–H and O–H groups in total. The molecule has 0 aliphatic heterocycles. The first-order chi connectivity index (χ1) is 15.2. The highest BCUT2D eigenvalue weighted by atomic mass is 16.5. The monoisotopic (exact) mass is 413 g/mol. The van der Waals surface area contributed by atoms with E-state index < -0.39 is 0 Å². The number of rotatable bonds is 7. The smallest absolute Gasteiger partial charge is 0.356 e. The van der Waals surface area contributed by atoms with Crippen molar-refractivity contribution in [1.82, 2.24) is 4.98 Å². The minimum Gasteiger partial charge on any atom is -0.488 e. The molecule has 0 saturated heterocycles. The molecule has 0 bridgehead atoms. The van der Waals surface area contributed by atoms with E-state index in [1.165, 1.54) is 16.7 Å². The van der Waals surface area contributed by atoms with Gasteiger partial charge in [0.15, 0.2) is 0 Å². The molecular formula is C27H27NO3. The average Bonchev–Trinajstić information content (AvgIpc) is 3.29. The van der Waals surface area contributed by atoms with Crippen LogP contribution >= 0.6 is 0 Å². The van der Waals surface area contributed by atoms with Crippen molar-refractivity contribution in [2.45, 2.75) is 39.7 Å². The van der Waals surface area contributed by atoms with Crippen LogP contribution in [0.2, 0.25) is 0 Å². The van der Waals surface area contributed by atoms with Crippen LogP contribution in [0.3, 0.4) is 0 Å². The van der Waals surface area contributed by atoms with E-state index in [1.807, 2.05) is 30.3 Å². The summed E-state index contributed by atoms with van der Waals surface area (Å²) >= 11 is 0. The van der Waals surface area contributed by atoms with Crippen molar-refractivity contribution in [2.24, 2.45) is 0 Å². The molecule has 0 spiro atoms. The number of hydrogen-bond donors (Lipinski definition) is 0. The third kappa shape index (κ3) is 4.85. The van der Waals surface area contributed by atoms with Gasteiger partial charge in [-0.1, -0.05) is 48.0 Å². The molecule has 4 heteroatoms. The Kier molecular flexibility index (Phi) is 6.46. The summed E-state index contributed by atoms with van der Waals surface area (Å²) in [7, 11) is 0. The van der Waals surface area contributed by atoms with Gasteiger partial charge >= 0.3 is 5.97 Å². The number of carbonyl (C=O) groups is 1. The van der Waals surface area contributed by atoms with Crippen LogP contribution in [0.25, 0.3) is 11.1 Å². The maximum Gasteiger partial charge on any atom is 0.356 e. The number of aryl methyl sites for hydroxylation is 1. The highest BCUT2D eigenvalue weighted by molar-refractivity contribution is 5.94. The maximum absolute atomic E-state index is 12.2. The van der Waals surface area contributed by atoms with Crippen LogP contribution in [0.5, 0.6) is 5.75 Å². The predicted molar refractivity (Wildman–Crippen MR) is 123 cm³/mol. The fourth-order valence-electron chi connectivity index (χ4n) is 3.99. The number of pyridine rings is 1. The third-order valence-corrected chi connectivity index (χ3v) is 5.46. The van der Waals surface area contributed by atoms with Gasteiger partial charge in [0.1, 0.15) is 18.1 Å². The molecule has 1 aliphatic carbocycles. The van der Waals surface area contributed by atoms with Gasteiger partial charge in [-0.05, 0) is 74.1 Å². The van der Waals surface area contributed by atoms with E-state index in [9.17, 15) is 4.79 Å². The minimum atomic E-state index is -0.382. The van der Waals surface area contributed by atoms with Crippen LogP contribution in [-0.2, 0) is 11.3 Å². The van der Waals surface area contributed by atoms with Crippen molar-refractivity contribution in [2.75, 3.05) is 6.61 Å². The number of aromatic nitrogens is 1. The van der Waals surface area contributed by atoms with E-state index >= 15 is 0 Å². The second-order valence-corrected chi connectivity index (χ2v) is 7.71. The molecule has 3 aromatic rings. The molecule has 158 valence electrons. The molecule has 0 fully saturated rings. The van der Waals surface area contributed by atoms with Crippen molar-refractivity contribution >= 4 is 17.1 Å². The van der Waals surface area contributed by atoms with Gasteiger partial charge < -0.3 is 9.47 Å². The van der Waals surface area contributed by atoms with Crippen LogP contribution < -0.4 is 4.74 Å². The van der Waals surface area contributed by atoms with E-state index in [0.717, 1.165) is 41.8 Å². The van der Waals surface area contributed by atoms with Gasteiger partial charge in [-0.3, -0.25) is 0 Å². The first kappa shape index (κ1) is 20.9. The summed E-state index contributed by atoms with van der Waals surface area (Å²) in [5, 5.41) is 0. The summed E-state index contributed by atoms with van der Waals surface area (Å²) in [6.07, 6.45) is 2.95. The van der Waals surface area contributed by atoms with Crippen LogP contribution in [0.15, 0.2) is 66.7 Å². The lowest BCUT2D eigenvalue weighted by Crippen LogP contribution is -2.08. The topological polar surface area (TPSA) is 48.4 Å². The third-order valence-electron chi connectivity index (χ3n) is 5.46. The molecular weight excluding hydrogens is 386 g/mol. The van der Waals surface area contributed by atoms with Gasteiger partial charge in [0.25, 0.3) is 0 Å². The number of allylic oxidation sites excluding steroid dienone is 2. The normalized spacial score (nSPS) is 13.4. The Morgan fingerprint density at radius 1 is 0.968 bits per heavy atom. The molecule has 0 atom stereocenters. The number of ether oxygens (including phenoxy) is 2. The fraction of sp³-hybridized carbons (Fsp3) is 0.259. The Morgan fingerprint density at radius 3 is 2.58 bits per heavy atom. The molecule has 1 aromatic heterocycles. The van der Waals surface area contributed by atoms with E-state index in [-0.39, 0.29) is 5.97 Å².